The lowest BCUT2D eigenvalue weighted by Gasteiger charge is -2.17. The second-order valence-electron chi connectivity index (χ2n) is 4.34. The highest BCUT2D eigenvalue weighted by Gasteiger charge is 2.32. The van der Waals surface area contributed by atoms with Crippen LogP contribution in [0, 0.1) is 5.92 Å². The average Bonchev–Trinajstić information content (AvgIpc) is 2.58. The van der Waals surface area contributed by atoms with Crippen LogP contribution in [0.25, 0.3) is 0 Å². The maximum atomic E-state index is 11.8. The SMILES string of the molecule is CNC(CSC1CC(=O)NC1=O)C(=O)C(C)C. The number of imide groups is 1. The van der Waals surface area contributed by atoms with Crippen molar-refractivity contribution in [2.45, 2.75) is 31.6 Å². The molecule has 0 aromatic rings. The first-order chi connectivity index (χ1) is 7.95. The molecule has 2 amide bonds. The fourth-order valence-corrected chi connectivity index (χ4v) is 2.82. The number of amides is 2. The summed E-state index contributed by atoms with van der Waals surface area (Å²) in [6.07, 6.45) is 0.218. The van der Waals surface area contributed by atoms with Crippen LogP contribution in [-0.2, 0) is 14.4 Å². The summed E-state index contributed by atoms with van der Waals surface area (Å²) >= 11 is 1.36. The zero-order valence-electron chi connectivity index (χ0n) is 10.3. The van der Waals surface area contributed by atoms with E-state index in [1.54, 1.807) is 7.05 Å². The quantitative estimate of drug-likeness (QED) is 0.653. The number of ketones is 1. The minimum Gasteiger partial charge on any atom is -0.310 e. The Labute approximate surface area is 105 Å². The maximum absolute atomic E-state index is 11.8. The van der Waals surface area contributed by atoms with Crippen molar-refractivity contribution in [3.05, 3.63) is 0 Å². The van der Waals surface area contributed by atoms with E-state index in [4.69, 9.17) is 0 Å². The third-order valence-corrected chi connectivity index (χ3v) is 3.96. The van der Waals surface area contributed by atoms with Gasteiger partial charge in [0, 0.05) is 18.1 Å². The van der Waals surface area contributed by atoms with Gasteiger partial charge in [-0.1, -0.05) is 13.8 Å². The first kappa shape index (κ1) is 14.2. The van der Waals surface area contributed by atoms with Gasteiger partial charge in [0.1, 0.15) is 0 Å². The summed E-state index contributed by atoms with van der Waals surface area (Å²) in [6, 6.07) is -0.261. The van der Waals surface area contributed by atoms with E-state index in [0.717, 1.165) is 0 Å². The molecule has 96 valence electrons. The van der Waals surface area contributed by atoms with E-state index < -0.39 is 0 Å². The minimum atomic E-state index is -0.349. The number of hydrogen-bond donors (Lipinski definition) is 2. The molecule has 0 aromatic heterocycles. The molecule has 0 bridgehead atoms. The summed E-state index contributed by atoms with van der Waals surface area (Å²) in [5.74, 6) is 0.131. The van der Waals surface area contributed by atoms with Crippen LogP contribution in [0.5, 0.6) is 0 Å². The van der Waals surface area contributed by atoms with Gasteiger partial charge in [0.25, 0.3) is 0 Å². The number of carbonyl (C=O) groups excluding carboxylic acids is 3. The molecule has 2 N–H and O–H groups in total. The first-order valence-corrected chi connectivity index (χ1v) is 6.66. The van der Waals surface area contributed by atoms with Gasteiger partial charge in [0.15, 0.2) is 5.78 Å². The highest BCUT2D eigenvalue weighted by molar-refractivity contribution is 8.00. The molecule has 17 heavy (non-hydrogen) atoms. The Kier molecular flexibility index (Phi) is 5.14. The molecule has 0 aromatic carbocycles. The third-order valence-electron chi connectivity index (χ3n) is 2.65. The molecular formula is C11H18N2O3S. The topological polar surface area (TPSA) is 75.3 Å². The van der Waals surface area contributed by atoms with E-state index in [1.807, 2.05) is 13.8 Å². The standard InChI is InChI=1S/C11H18N2O3S/c1-6(2)10(15)7(12-3)5-17-8-4-9(14)13-11(8)16/h6-8,12H,4-5H2,1-3H3,(H,13,14,16). The van der Waals surface area contributed by atoms with Crippen molar-refractivity contribution in [2.75, 3.05) is 12.8 Å². The van der Waals surface area contributed by atoms with Crippen LogP contribution in [-0.4, -0.2) is 41.7 Å². The van der Waals surface area contributed by atoms with Crippen LogP contribution >= 0.6 is 11.8 Å². The predicted octanol–water partition coefficient (Wildman–Crippen LogP) is -0.0522. The molecule has 0 radical (unpaired) electrons. The van der Waals surface area contributed by atoms with E-state index in [2.05, 4.69) is 10.6 Å². The highest BCUT2D eigenvalue weighted by atomic mass is 32.2. The van der Waals surface area contributed by atoms with Crippen molar-refractivity contribution in [3.8, 4) is 0 Å². The van der Waals surface area contributed by atoms with Gasteiger partial charge in [-0.15, -0.1) is 11.8 Å². The number of thioether (sulfide) groups is 1. The van der Waals surface area contributed by atoms with Crippen LogP contribution in [0.4, 0.5) is 0 Å². The largest absolute Gasteiger partial charge is 0.310 e. The second-order valence-corrected chi connectivity index (χ2v) is 5.57. The first-order valence-electron chi connectivity index (χ1n) is 5.62. The lowest BCUT2D eigenvalue weighted by molar-refractivity contribution is -0.125. The fourth-order valence-electron chi connectivity index (χ4n) is 1.59. The Morgan fingerprint density at radius 2 is 2.18 bits per heavy atom. The van der Waals surface area contributed by atoms with E-state index in [9.17, 15) is 14.4 Å². The van der Waals surface area contributed by atoms with Crippen LogP contribution in [0.2, 0.25) is 0 Å². The highest BCUT2D eigenvalue weighted by Crippen LogP contribution is 2.20. The van der Waals surface area contributed by atoms with Crippen molar-refractivity contribution >= 4 is 29.4 Å². The summed E-state index contributed by atoms with van der Waals surface area (Å²) in [5.41, 5.74) is 0. The average molecular weight is 258 g/mol. The fraction of sp³-hybridized carbons (Fsp3) is 0.727. The molecule has 0 spiro atoms. The van der Waals surface area contributed by atoms with Crippen molar-refractivity contribution in [1.29, 1.82) is 0 Å². The zero-order chi connectivity index (χ0) is 13.0. The Bertz CT molecular complexity index is 331. The Hall–Kier alpha value is -0.880. The summed E-state index contributed by atoms with van der Waals surface area (Å²) in [4.78, 5) is 34.1. The Morgan fingerprint density at radius 1 is 1.53 bits per heavy atom. The smallest absolute Gasteiger partial charge is 0.240 e. The van der Waals surface area contributed by atoms with Gasteiger partial charge in [-0.05, 0) is 7.05 Å². The molecule has 5 nitrogen and oxygen atoms in total. The summed E-state index contributed by atoms with van der Waals surface area (Å²) < 4.78 is 0. The predicted molar refractivity (Wildman–Crippen MR) is 66.7 cm³/mol. The van der Waals surface area contributed by atoms with Crippen LogP contribution in [0.1, 0.15) is 20.3 Å². The van der Waals surface area contributed by atoms with Gasteiger partial charge in [-0.3, -0.25) is 19.7 Å². The maximum Gasteiger partial charge on any atom is 0.240 e. The molecule has 1 aliphatic rings. The summed E-state index contributed by atoms with van der Waals surface area (Å²) in [7, 11) is 1.73. The van der Waals surface area contributed by atoms with Crippen LogP contribution < -0.4 is 10.6 Å². The van der Waals surface area contributed by atoms with Crippen molar-refractivity contribution < 1.29 is 14.4 Å². The second kappa shape index (κ2) is 6.16. The molecule has 1 heterocycles. The van der Waals surface area contributed by atoms with E-state index in [1.165, 1.54) is 11.8 Å². The lowest BCUT2D eigenvalue weighted by Crippen LogP contribution is -2.39. The molecule has 0 aliphatic carbocycles. The summed E-state index contributed by atoms with van der Waals surface area (Å²) in [6.45, 7) is 3.70. The Morgan fingerprint density at radius 3 is 2.59 bits per heavy atom. The molecule has 2 atom stereocenters. The number of likely N-dealkylation sites (N-methyl/N-ethyl adjacent to an activating group) is 1. The van der Waals surface area contributed by atoms with E-state index >= 15 is 0 Å². The minimum absolute atomic E-state index is 0.0351. The lowest BCUT2D eigenvalue weighted by atomic mass is 10.0. The van der Waals surface area contributed by atoms with Crippen LogP contribution in [0.15, 0.2) is 0 Å². The molecular weight excluding hydrogens is 240 g/mol. The number of nitrogens with one attached hydrogen (secondary N) is 2. The number of hydrogen-bond acceptors (Lipinski definition) is 5. The van der Waals surface area contributed by atoms with Gasteiger partial charge in [0.2, 0.25) is 11.8 Å². The number of rotatable bonds is 6. The van der Waals surface area contributed by atoms with E-state index in [0.29, 0.717) is 5.75 Å². The Balaban J connectivity index is 2.45. The van der Waals surface area contributed by atoms with Crippen molar-refractivity contribution in [3.63, 3.8) is 0 Å². The van der Waals surface area contributed by atoms with Gasteiger partial charge in [-0.2, -0.15) is 0 Å². The van der Waals surface area contributed by atoms with Gasteiger partial charge < -0.3 is 5.32 Å². The number of carbonyl (C=O) groups is 3. The van der Waals surface area contributed by atoms with E-state index in [-0.39, 0.29) is 41.2 Å². The molecule has 1 fully saturated rings. The molecule has 1 rings (SSSR count). The van der Waals surface area contributed by atoms with Gasteiger partial charge >= 0.3 is 0 Å². The zero-order valence-corrected chi connectivity index (χ0v) is 11.1. The number of Topliss-reactive ketones (excluding diaryl/α,β-unsaturated/α-hetero) is 1. The normalized spacial score (nSPS) is 21.8. The molecule has 1 saturated heterocycles. The van der Waals surface area contributed by atoms with Gasteiger partial charge in [0.05, 0.1) is 11.3 Å². The molecule has 0 saturated carbocycles. The molecule has 6 heteroatoms. The third kappa shape index (κ3) is 3.81. The van der Waals surface area contributed by atoms with Crippen molar-refractivity contribution in [2.24, 2.45) is 5.92 Å². The molecule has 1 aliphatic heterocycles. The van der Waals surface area contributed by atoms with Gasteiger partial charge in [-0.25, -0.2) is 0 Å². The monoisotopic (exact) mass is 258 g/mol. The molecule has 2 unspecified atom stereocenters. The van der Waals surface area contributed by atoms with Crippen LogP contribution in [0.3, 0.4) is 0 Å². The van der Waals surface area contributed by atoms with Crippen molar-refractivity contribution in [1.82, 2.24) is 10.6 Å². The summed E-state index contributed by atoms with van der Waals surface area (Å²) in [5, 5.41) is 4.85.